The average Bonchev–Trinajstić information content (AvgIpc) is 2.82. The zero-order valence-corrected chi connectivity index (χ0v) is 18.6. The van der Waals surface area contributed by atoms with E-state index in [-0.39, 0.29) is 24.4 Å². The van der Waals surface area contributed by atoms with Gasteiger partial charge in [0.15, 0.2) is 11.5 Å². The number of carbonyl (C=O) groups excluding carboxylic acids is 1. The molecular weight excluding hydrogens is 433 g/mol. The molecule has 166 valence electrons. The second kappa shape index (κ2) is 9.49. The topological polar surface area (TPSA) is 48.0 Å². The van der Waals surface area contributed by atoms with Gasteiger partial charge in [-0.15, -0.1) is 0 Å². The molecule has 0 saturated carbocycles. The number of methoxy groups -OCH3 is 2. The molecule has 7 heteroatoms. The molecule has 1 aliphatic heterocycles. The fraction of sp³-hybridized carbons (Fsp3) is 0.240. The van der Waals surface area contributed by atoms with Crippen molar-refractivity contribution in [3.05, 3.63) is 88.2 Å². The third-order valence-electron chi connectivity index (χ3n) is 5.56. The van der Waals surface area contributed by atoms with Gasteiger partial charge in [0.2, 0.25) is 0 Å². The number of ether oxygens (including phenoxy) is 3. The van der Waals surface area contributed by atoms with Crippen molar-refractivity contribution in [1.82, 2.24) is 4.90 Å². The van der Waals surface area contributed by atoms with E-state index in [0.29, 0.717) is 40.8 Å². The molecule has 32 heavy (non-hydrogen) atoms. The van der Waals surface area contributed by atoms with Crippen LogP contribution in [-0.4, -0.2) is 38.2 Å². The lowest BCUT2D eigenvalue weighted by molar-refractivity contribution is 0.0589. The number of fused-ring (bicyclic) bond motifs is 1. The van der Waals surface area contributed by atoms with Gasteiger partial charge in [0.1, 0.15) is 18.2 Å². The van der Waals surface area contributed by atoms with Gasteiger partial charge in [-0.05, 0) is 72.1 Å². The molecule has 0 spiro atoms. The van der Waals surface area contributed by atoms with Gasteiger partial charge in [-0.1, -0.05) is 17.7 Å². The number of halogens is 2. The van der Waals surface area contributed by atoms with Crippen LogP contribution in [0.15, 0.2) is 60.7 Å². The molecule has 0 aromatic heterocycles. The Kier molecular flexibility index (Phi) is 6.51. The van der Waals surface area contributed by atoms with Crippen LogP contribution in [0.4, 0.5) is 4.39 Å². The number of nitrogens with zero attached hydrogens (tertiary/aromatic N) is 1. The Morgan fingerprint density at radius 1 is 1.06 bits per heavy atom. The standard InChI is InChI=1S/C25H23ClFNO4/c1-30-23-13-16-10-11-28(25(29)17-4-3-5-18(26)12-17)22(21(16)14-24(23)31-2)15-32-20-8-6-19(27)7-9-20/h3-9,12-14,22H,10-11,15H2,1-2H3. The van der Waals surface area contributed by atoms with Gasteiger partial charge in [-0.3, -0.25) is 4.79 Å². The maximum atomic E-state index is 13.4. The van der Waals surface area contributed by atoms with Crippen molar-refractivity contribution in [3.8, 4) is 17.2 Å². The van der Waals surface area contributed by atoms with Crippen molar-refractivity contribution in [2.24, 2.45) is 0 Å². The zero-order chi connectivity index (χ0) is 22.7. The summed E-state index contributed by atoms with van der Waals surface area (Å²) < 4.78 is 30.2. The highest BCUT2D eigenvalue weighted by Crippen LogP contribution is 2.39. The van der Waals surface area contributed by atoms with E-state index < -0.39 is 0 Å². The SMILES string of the molecule is COc1cc2c(cc1OC)C(COc1ccc(F)cc1)N(C(=O)c1cccc(Cl)c1)CC2. The number of carbonyl (C=O) groups is 1. The fourth-order valence-corrected chi connectivity index (χ4v) is 4.13. The Hall–Kier alpha value is -3.25. The molecule has 1 heterocycles. The molecule has 3 aromatic carbocycles. The maximum absolute atomic E-state index is 13.4. The molecular formula is C25H23ClFNO4. The first-order valence-electron chi connectivity index (χ1n) is 10.2. The number of rotatable bonds is 6. The monoisotopic (exact) mass is 455 g/mol. The summed E-state index contributed by atoms with van der Waals surface area (Å²) in [6.45, 7) is 0.700. The summed E-state index contributed by atoms with van der Waals surface area (Å²) in [5.41, 5.74) is 2.49. The van der Waals surface area contributed by atoms with Crippen molar-refractivity contribution in [2.45, 2.75) is 12.5 Å². The molecule has 1 unspecified atom stereocenters. The van der Waals surface area contributed by atoms with E-state index in [1.165, 1.54) is 12.1 Å². The van der Waals surface area contributed by atoms with Crippen LogP contribution in [0.2, 0.25) is 5.02 Å². The molecule has 0 N–H and O–H groups in total. The highest BCUT2D eigenvalue weighted by atomic mass is 35.5. The smallest absolute Gasteiger partial charge is 0.254 e. The summed E-state index contributed by atoms with van der Waals surface area (Å²) in [6.07, 6.45) is 0.662. The average molecular weight is 456 g/mol. The van der Waals surface area contributed by atoms with E-state index in [4.69, 9.17) is 25.8 Å². The van der Waals surface area contributed by atoms with Crippen molar-refractivity contribution in [1.29, 1.82) is 0 Å². The number of amides is 1. The van der Waals surface area contributed by atoms with Crippen molar-refractivity contribution in [2.75, 3.05) is 27.4 Å². The minimum Gasteiger partial charge on any atom is -0.493 e. The van der Waals surface area contributed by atoms with E-state index in [1.54, 1.807) is 55.5 Å². The van der Waals surface area contributed by atoms with Crippen LogP contribution in [0, 0.1) is 5.82 Å². The number of benzene rings is 3. The molecule has 0 saturated heterocycles. The first-order valence-corrected chi connectivity index (χ1v) is 10.6. The molecule has 4 rings (SSSR count). The minimum absolute atomic E-state index is 0.138. The van der Waals surface area contributed by atoms with E-state index in [1.807, 2.05) is 12.1 Å². The van der Waals surface area contributed by atoms with Gasteiger partial charge in [0, 0.05) is 17.1 Å². The highest BCUT2D eigenvalue weighted by Gasteiger charge is 2.33. The predicted molar refractivity (Wildman–Crippen MR) is 120 cm³/mol. The van der Waals surface area contributed by atoms with E-state index in [0.717, 1.165) is 11.1 Å². The molecule has 3 aromatic rings. The third-order valence-corrected chi connectivity index (χ3v) is 5.79. The van der Waals surface area contributed by atoms with Crippen molar-refractivity contribution < 1.29 is 23.4 Å². The van der Waals surface area contributed by atoms with Crippen molar-refractivity contribution >= 4 is 17.5 Å². The highest BCUT2D eigenvalue weighted by molar-refractivity contribution is 6.30. The van der Waals surface area contributed by atoms with Crippen LogP contribution in [0.25, 0.3) is 0 Å². The van der Waals surface area contributed by atoms with E-state index in [2.05, 4.69) is 0 Å². The van der Waals surface area contributed by atoms with Gasteiger partial charge in [0.25, 0.3) is 5.91 Å². The molecule has 1 atom stereocenters. The molecule has 0 fully saturated rings. The van der Waals surface area contributed by atoms with Crippen LogP contribution in [-0.2, 0) is 6.42 Å². The van der Waals surface area contributed by atoms with Crippen LogP contribution in [0.3, 0.4) is 0 Å². The lowest BCUT2D eigenvalue weighted by Crippen LogP contribution is -2.42. The number of hydrogen-bond acceptors (Lipinski definition) is 4. The summed E-state index contributed by atoms with van der Waals surface area (Å²) in [5.74, 6) is 1.26. The molecule has 5 nitrogen and oxygen atoms in total. The second-order valence-corrected chi connectivity index (χ2v) is 7.88. The largest absolute Gasteiger partial charge is 0.493 e. The van der Waals surface area contributed by atoms with Crippen LogP contribution in [0.5, 0.6) is 17.2 Å². The van der Waals surface area contributed by atoms with Crippen molar-refractivity contribution in [3.63, 3.8) is 0 Å². The van der Waals surface area contributed by atoms with Gasteiger partial charge >= 0.3 is 0 Å². The summed E-state index contributed by atoms with van der Waals surface area (Å²) in [7, 11) is 3.17. The van der Waals surface area contributed by atoms with Gasteiger partial charge in [0.05, 0.1) is 20.3 Å². The Labute approximate surface area is 191 Å². The maximum Gasteiger partial charge on any atom is 0.254 e. The minimum atomic E-state index is -0.380. The summed E-state index contributed by atoms with van der Waals surface area (Å²) >= 11 is 6.12. The van der Waals surface area contributed by atoms with Gasteiger partial charge in [-0.2, -0.15) is 0 Å². The first kappa shape index (κ1) is 22.0. The van der Waals surface area contributed by atoms with Gasteiger partial charge in [-0.25, -0.2) is 4.39 Å². The summed E-state index contributed by atoms with van der Waals surface area (Å²) in [4.78, 5) is 15.2. The Balaban J connectivity index is 1.70. The predicted octanol–water partition coefficient (Wildman–Crippen LogP) is 5.31. The molecule has 0 bridgehead atoms. The Bertz CT molecular complexity index is 1120. The quantitative estimate of drug-likeness (QED) is 0.505. The molecule has 1 aliphatic rings. The second-order valence-electron chi connectivity index (χ2n) is 7.45. The lowest BCUT2D eigenvalue weighted by atomic mass is 9.91. The molecule has 1 amide bonds. The Morgan fingerprint density at radius 2 is 1.78 bits per heavy atom. The van der Waals surface area contributed by atoms with E-state index in [9.17, 15) is 9.18 Å². The number of hydrogen-bond donors (Lipinski definition) is 0. The Morgan fingerprint density at radius 3 is 2.47 bits per heavy atom. The molecule has 0 aliphatic carbocycles. The van der Waals surface area contributed by atoms with Crippen LogP contribution >= 0.6 is 11.6 Å². The first-order chi connectivity index (χ1) is 15.5. The van der Waals surface area contributed by atoms with Crippen LogP contribution < -0.4 is 14.2 Å². The molecule has 0 radical (unpaired) electrons. The van der Waals surface area contributed by atoms with Gasteiger partial charge < -0.3 is 19.1 Å². The normalized spacial score (nSPS) is 15.1. The summed E-state index contributed by atoms with van der Waals surface area (Å²) in [6, 6.07) is 16.2. The summed E-state index contributed by atoms with van der Waals surface area (Å²) in [5, 5.41) is 0.499. The zero-order valence-electron chi connectivity index (χ0n) is 17.8. The van der Waals surface area contributed by atoms with E-state index >= 15 is 0 Å². The third kappa shape index (κ3) is 4.50. The van der Waals surface area contributed by atoms with Crippen LogP contribution in [0.1, 0.15) is 27.5 Å². The fourth-order valence-electron chi connectivity index (χ4n) is 3.94. The lowest BCUT2D eigenvalue weighted by Gasteiger charge is -2.37.